The van der Waals surface area contributed by atoms with Crippen molar-refractivity contribution in [3.05, 3.63) is 53.6 Å². The Morgan fingerprint density at radius 1 is 1.18 bits per heavy atom. The van der Waals surface area contributed by atoms with Crippen molar-refractivity contribution in [2.24, 2.45) is 0 Å². The smallest absolute Gasteiger partial charge is 0.261 e. The summed E-state index contributed by atoms with van der Waals surface area (Å²) in [5.41, 5.74) is 0.666. The Morgan fingerprint density at radius 3 is 2.64 bits per heavy atom. The van der Waals surface area contributed by atoms with Crippen molar-refractivity contribution in [1.29, 1.82) is 0 Å². The lowest BCUT2D eigenvalue weighted by atomic mass is 10.2. The molecule has 3 rings (SSSR count). The van der Waals surface area contributed by atoms with Crippen LogP contribution in [0.5, 0.6) is 0 Å². The maximum atomic E-state index is 14.1. The zero-order chi connectivity index (χ0) is 20.3. The summed E-state index contributed by atoms with van der Waals surface area (Å²) in [7, 11) is 3.83. The van der Waals surface area contributed by atoms with E-state index in [-0.39, 0.29) is 11.4 Å². The molecule has 0 spiro atoms. The van der Waals surface area contributed by atoms with Crippen molar-refractivity contribution in [1.82, 2.24) is 9.88 Å². The van der Waals surface area contributed by atoms with Crippen LogP contribution in [0.2, 0.25) is 0 Å². The molecule has 148 valence electrons. The number of nitrogens with zero attached hydrogens (tertiary/aromatic N) is 3. The van der Waals surface area contributed by atoms with Gasteiger partial charge in [0.1, 0.15) is 11.3 Å². The number of fused-ring (bicyclic) bond motifs is 1. The van der Waals surface area contributed by atoms with Gasteiger partial charge in [-0.15, -0.1) is 11.8 Å². The van der Waals surface area contributed by atoms with Crippen molar-refractivity contribution in [2.75, 3.05) is 37.8 Å². The quantitative estimate of drug-likeness (QED) is 0.509. The number of likely N-dealkylation sites (N-methyl/N-ethyl adjacent to an activating group) is 1. The van der Waals surface area contributed by atoms with Crippen LogP contribution in [-0.4, -0.2) is 48.7 Å². The van der Waals surface area contributed by atoms with Crippen LogP contribution in [0.25, 0.3) is 10.2 Å². The highest BCUT2D eigenvalue weighted by Crippen LogP contribution is 2.33. The van der Waals surface area contributed by atoms with Gasteiger partial charge in [-0.2, -0.15) is 0 Å². The van der Waals surface area contributed by atoms with Crippen LogP contribution in [0.4, 0.5) is 13.9 Å². The number of halogens is 2. The van der Waals surface area contributed by atoms with E-state index in [4.69, 9.17) is 0 Å². The Balaban J connectivity index is 2.04. The second-order valence-corrected chi connectivity index (χ2v) is 8.73. The number of aromatic nitrogens is 1. The summed E-state index contributed by atoms with van der Waals surface area (Å²) in [5, 5.41) is 0.364. The molecule has 0 aliphatic rings. The summed E-state index contributed by atoms with van der Waals surface area (Å²) in [5.74, 6) is -0.734. The SMILES string of the molecule is CCSc1ccccc1C(=O)N(CCN(C)C)c1nc2c(F)cc(F)cc2s1. The van der Waals surface area contributed by atoms with Crippen LogP contribution in [0, 0.1) is 11.6 Å². The molecule has 0 aliphatic heterocycles. The maximum absolute atomic E-state index is 14.1. The molecule has 3 aromatic rings. The molecule has 28 heavy (non-hydrogen) atoms. The Kier molecular flexibility index (Phi) is 6.64. The van der Waals surface area contributed by atoms with E-state index in [2.05, 4.69) is 4.98 Å². The fraction of sp³-hybridized carbons (Fsp3) is 0.300. The van der Waals surface area contributed by atoms with Crippen LogP contribution in [0.1, 0.15) is 17.3 Å². The largest absolute Gasteiger partial charge is 0.308 e. The summed E-state index contributed by atoms with van der Waals surface area (Å²) in [6, 6.07) is 9.48. The van der Waals surface area contributed by atoms with Crippen molar-refractivity contribution in [3.63, 3.8) is 0 Å². The average Bonchev–Trinajstić information content (AvgIpc) is 3.06. The first-order valence-electron chi connectivity index (χ1n) is 8.84. The molecule has 0 saturated carbocycles. The molecule has 1 aromatic heterocycles. The fourth-order valence-electron chi connectivity index (χ4n) is 2.72. The van der Waals surface area contributed by atoms with E-state index in [1.807, 2.05) is 44.1 Å². The molecule has 0 bridgehead atoms. The van der Waals surface area contributed by atoms with Crippen LogP contribution >= 0.6 is 23.1 Å². The van der Waals surface area contributed by atoms with Crippen LogP contribution in [0.15, 0.2) is 41.3 Å². The lowest BCUT2D eigenvalue weighted by molar-refractivity contribution is 0.0982. The predicted octanol–water partition coefficient (Wildman–Crippen LogP) is 4.89. The highest BCUT2D eigenvalue weighted by molar-refractivity contribution is 7.99. The highest BCUT2D eigenvalue weighted by Gasteiger charge is 2.24. The van der Waals surface area contributed by atoms with E-state index in [0.29, 0.717) is 28.5 Å². The van der Waals surface area contributed by atoms with Gasteiger partial charge in [-0.3, -0.25) is 9.69 Å². The molecular formula is C20H21F2N3OS2. The lowest BCUT2D eigenvalue weighted by Gasteiger charge is -2.23. The first-order valence-corrected chi connectivity index (χ1v) is 10.6. The van der Waals surface area contributed by atoms with Crippen LogP contribution < -0.4 is 4.90 Å². The highest BCUT2D eigenvalue weighted by atomic mass is 32.2. The minimum Gasteiger partial charge on any atom is -0.308 e. The molecule has 4 nitrogen and oxygen atoms in total. The number of hydrogen-bond donors (Lipinski definition) is 0. The number of thioether (sulfide) groups is 1. The van der Waals surface area contributed by atoms with Gasteiger partial charge in [0.25, 0.3) is 5.91 Å². The zero-order valence-corrected chi connectivity index (χ0v) is 17.5. The second-order valence-electron chi connectivity index (χ2n) is 6.42. The van der Waals surface area contributed by atoms with Gasteiger partial charge in [0.2, 0.25) is 0 Å². The van der Waals surface area contributed by atoms with E-state index in [1.165, 1.54) is 6.07 Å². The number of rotatable bonds is 7. The molecule has 0 saturated heterocycles. The molecule has 8 heteroatoms. The summed E-state index contributed by atoms with van der Waals surface area (Å²) < 4.78 is 28.1. The van der Waals surface area contributed by atoms with Crippen LogP contribution in [-0.2, 0) is 0 Å². The van der Waals surface area contributed by atoms with E-state index in [0.717, 1.165) is 28.1 Å². The minimum atomic E-state index is -0.723. The van der Waals surface area contributed by atoms with Gasteiger partial charge in [-0.1, -0.05) is 30.4 Å². The predicted molar refractivity (Wildman–Crippen MR) is 113 cm³/mol. The summed E-state index contributed by atoms with van der Waals surface area (Å²) in [4.78, 5) is 22.1. The monoisotopic (exact) mass is 421 g/mol. The van der Waals surface area contributed by atoms with Crippen molar-refractivity contribution in [2.45, 2.75) is 11.8 Å². The first kappa shape index (κ1) is 20.7. The molecule has 0 aliphatic carbocycles. The standard InChI is InChI=1S/C20H21F2N3OS2/c1-4-27-16-8-6-5-7-14(16)19(26)25(10-9-24(2)3)20-23-18-15(22)11-13(21)12-17(18)28-20/h5-8,11-12H,4,9-10H2,1-3H3. The van der Waals surface area contributed by atoms with Gasteiger partial charge < -0.3 is 4.90 Å². The molecule has 0 radical (unpaired) electrons. The number of amides is 1. The first-order chi connectivity index (χ1) is 13.4. The molecular weight excluding hydrogens is 400 g/mol. The third kappa shape index (κ3) is 4.51. The Labute approximate surface area is 171 Å². The van der Waals surface area contributed by atoms with Crippen LogP contribution in [0.3, 0.4) is 0 Å². The number of anilines is 1. The number of hydrogen-bond acceptors (Lipinski definition) is 5. The summed E-state index contributed by atoms with van der Waals surface area (Å²) in [6.07, 6.45) is 0. The van der Waals surface area contributed by atoms with Gasteiger partial charge in [-0.05, 0) is 38.0 Å². The molecule has 1 amide bonds. The topological polar surface area (TPSA) is 36.4 Å². The van der Waals surface area contributed by atoms with Gasteiger partial charge in [0, 0.05) is 24.1 Å². The number of carbonyl (C=O) groups excluding carboxylic acids is 1. The van der Waals surface area contributed by atoms with Gasteiger partial charge in [0.05, 0.1) is 10.3 Å². The molecule has 0 atom stereocenters. The third-order valence-electron chi connectivity index (χ3n) is 4.07. The van der Waals surface area contributed by atoms with E-state index < -0.39 is 11.6 Å². The summed E-state index contributed by atoms with van der Waals surface area (Å²) in [6.45, 7) is 3.03. The number of carbonyl (C=O) groups is 1. The van der Waals surface area contributed by atoms with Gasteiger partial charge in [-0.25, -0.2) is 13.8 Å². The summed E-state index contributed by atoms with van der Waals surface area (Å²) >= 11 is 2.71. The zero-order valence-electron chi connectivity index (χ0n) is 15.9. The van der Waals surface area contributed by atoms with Gasteiger partial charge in [0.15, 0.2) is 10.9 Å². The Hall–Kier alpha value is -2.03. The maximum Gasteiger partial charge on any atom is 0.261 e. The third-order valence-corrected chi connectivity index (χ3v) is 6.05. The van der Waals surface area contributed by atoms with E-state index >= 15 is 0 Å². The Bertz CT molecular complexity index is 991. The number of benzene rings is 2. The lowest BCUT2D eigenvalue weighted by Crippen LogP contribution is -2.37. The Morgan fingerprint density at radius 2 is 1.93 bits per heavy atom. The molecule has 1 heterocycles. The minimum absolute atomic E-state index is 0.0836. The van der Waals surface area contributed by atoms with Gasteiger partial charge >= 0.3 is 0 Å². The number of thiazole rings is 1. The van der Waals surface area contributed by atoms with Crippen molar-refractivity contribution >= 4 is 44.4 Å². The molecule has 0 fully saturated rings. The van der Waals surface area contributed by atoms with E-state index in [1.54, 1.807) is 22.7 Å². The van der Waals surface area contributed by atoms with E-state index in [9.17, 15) is 13.6 Å². The normalized spacial score (nSPS) is 11.4. The van der Waals surface area contributed by atoms with Crippen molar-refractivity contribution < 1.29 is 13.6 Å². The average molecular weight is 422 g/mol. The molecule has 0 N–H and O–H groups in total. The fourth-order valence-corrected chi connectivity index (χ4v) is 4.54. The molecule has 2 aromatic carbocycles. The second kappa shape index (κ2) is 8.98. The van der Waals surface area contributed by atoms with Crippen molar-refractivity contribution in [3.8, 4) is 0 Å². The molecule has 0 unspecified atom stereocenters.